The highest BCUT2D eigenvalue weighted by Gasteiger charge is 3.08. The van der Waals surface area contributed by atoms with Gasteiger partial charge < -0.3 is 33.2 Å². The van der Waals surface area contributed by atoms with Crippen LogP contribution in [0.3, 0.4) is 0 Å². The number of hydrogen-bond acceptors (Lipinski definition) is 8. The van der Waals surface area contributed by atoms with E-state index in [2.05, 4.69) is 64.2 Å². The normalized spacial score (nSPS) is 30.1. The second-order valence-corrected chi connectivity index (χ2v) is 15.2. The summed E-state index contributed by atoms with van der Waals surface area (Å²) < 4.78 is 385. The van der Waals surface area contributed by atoms with E-state index in [1.165, 1.54) is 0 Å². The van der Waals surface area contributed by atoms with Crippen molar-refractivity contribution in [3.8, 4) is 0 Å². The minimum Gasteiger partial charge on any atom is -0.377 e. The van der Waals surface area contributed by atoms with Crippen molar-refractivity contribution in [3.63, 3.8) is 0 Å². The van der Waals surface area contributed by atoms with Crippen LogP contribution in [-0.4, -0.2) is 161 Å². The summed E-state index contributed by atoms with van der Waals surface area (Å²) in [5, 5.41) is 0. The van der Waals surface area contributed by atoms with Crippen molar-refractivity contribution in [3.05, 3.63) is 50.6 Å². The fraction of sp³-hybridized carbons (Fsp3) is 0.789. The van der Waals surface area contributed by atoms with Gasteiger partial charge in [-0.15, -0.1) is 26.3 Å². The highest BCUT2D eigenvalue weighted by Crippen LogP contribution is 2.79. The molecule has 8 nitrogen and oxygen atoms in total. The van der Waals surface area contributed by atoms with Gasteiger partial charge in [0.1, 0.15) is 26.4 Å². The zero-order valence-electron chi connectivity index (χ0n) is 35.0. The van der Waals surface area contributed by atoms with Crippen molar-refractivity contribution in [1.29, 1.82) is 0 Å². The van der Waals surface area contributed by atoms with Crippen LogP contribution >= 0.6 is 0 Å². The van der Waals surface area contributed by atoms with Crippen LogP contribution < -0.4 is 0 Å². The lowest BCUT2D eigenvalue weighted by Gasteiger charge is -2.69. The Kier molecular flexibility index (Phi) is 19.3. The highest BCUT2D eigenvalue weighted by molar-refractivity contribution is 5.46. The van der Waals surface area contributed by atoms with Crippen molar-refractivity contribution in [2.75, 3.05) is 79.3 Å². The minimum atomic E-state index is -8.28. The molecule has 0 saturated heterocycles. The molecule has 2 saturated carbocycles. The molecule has 6 atom stereocenters. The molecule has 2 aliphatic rings. The lowest BCUT2D eigenvalue weighted by Crippen LogP contribution is -2.99. The van der Waals surface area contributed by atoms with Crippen LogP contribution in [0.15, 0.2) is 50.6 Å². The standard InChI is InChI=1S/C38H44F22O8/c1-5-13-61-17-11-31(47,48)66-24-30(46)34(52)28(44,38(59,60)68-32(49,50)12-18-62-14-6-2)10-9-27(43,37(57,58)67-22-26(41,42)20-64-16-8-4)33(34,51)29(45,35(53,54)36(30,55)56)23-65-21-25(39,40)19-63-15-7-3/h5-8H,1-4,9-24H2. The molecule has 0 radical (unpaired) electrons. The van der Waals surface area contributed by atoms with E-state index in [1.54, 1.807) is 0 Å². The van der Waals surface area contributed by atoms with E-state index < -0.39 is 187 Å². The van der Waals surface area contributed by atoms with Gasteiger partial charge in [-0.2, -0.15) is 52.7 Å². The van der Waals surface area contributed by atoms with Crippen LogP contribution in [0.4, 0.5) is 96.6 Å². The Bertz CT molecular complexity index is 1710. The average molecular weight is 1050 g/mol. The molecule has 2 rings (SSSR count). The van der Waals surface area contributed by atoms with Gasteiger partial charge in [-0.25, -0.2) is 43.9 Å². The molecule has 2 aliphatic carbocycles. The first-order valence-corrected chi connectivity index (χ1v) is 19.2. The SMILES string of the molecule is C=CCOCCC(F)(F)OCC1(F)C(F)(F)C(F)(F)C(F)(COCC(F)(F)COCC=C)C2(F)C(F)(C(F)(F)OCC(F)(F)COCC=C)CCC(F)(C(F)(F)OC(F)(F)CCOCC=C)C12F. The van der Waals surface area contributed by atoms with Crippen molar-refractivity contribution in [2.45, 2.75) is 108 Å². The predicted octanol–water partition coefficient (Wildman–Crippen LogP) is 10.6. The maximum atomic E-state index is 18.3. The first kappa shape index (κ1) is 61.2. The number of ether oxygens (including phenoxy) is 8. The molecule has 0 spiro atoms. The Hall–Kier alpha value is -2.90. The van der Waals surface area contributed by atoms with Crippen molar-refractivity contribution < 1.29 is 134 Å². The van der Waals surface area contributed by atoms with Gasteiger partial charge in [-0.05, 0) is 12.8 Å². The summed E-state index contributed by atoms with van der Waals surface area (Å²) in [5.74, 6) is -26.0. The molecule has 0 heterocycles. The second kappa shape index (κ2) is 21.4. The number of fused-ring (bicyclic) bond motifs is 1. The summed E-state index contributed by atoms with van der Waals surface area (Å²) in [4.78, 5) is 0. The molecule has 398 valence electrons. The molecule has 30 heteroatoms. The summed E-state index contributed by atoms with van der Waals surface area (Å²) in [6.45, 7) is -12.3. The van der Waals surface area contributed by atoms with E-state index in [9.17, 15) is 35.1 Å². The highest BCUT2D eigenvalue weighted by atomic mass is 19.3. The summed E-state index contributed by atoms with van der Waals surface area (Å²) in [6, 6.07) is 0. The van der Waals surface area contributed by atoms with E-state index in [-0.39, 0.29) is 0 Å². The van der Waals surface area contributed by atoms with Crippen LogP contribution in [0.1, 0.15) is 25.7 Å². The molecule has 0 aromatic rings. The Labute approximate surface area is 372 Å². The van der Waals surface area contributed by atoms with E-state index in [1.807, 2.05) is 0 Å². The van der Waals surface area contributed by atoms with Gasteiger partial charge in [-0.1, -0.05) is 24.3 Å². The Morgan fingerprint density at radius 2 is 0.765 bits per heavy atom. The van der Waals surface area contributed by atoms with Gasteiger partial charge in [0.25, 0.3) is 11.8 Å². The van der Waals surface area contributed by atoms with Crippen LogP contribution in [-0.2, 0) is 37.9 Å². The zero-order valence-corrected chi connectivity index (χ0v) is 35.0. The van der Waals surface area contributed by atoms with Gasteiger partial charge >= 0.3 is 36.3 Å². The Morgan fingerprint density at radius 3 is 1.19 bits per heavy atom. The molecule has 0 amide bonds. The fourth-order valence-corrected chi connectivity index (χ4v) is 7.04. The molecule has 6 unspecified atom stereocenters. The maximum absolute atomic E-state index is 18.3. The van der Waals surface area contributed by atoms with Crippen molar-refractivity contribution in [1.82, 2.24) is 0 Å². The van der Waals surface area contributed by atoms with Crippen LogP contribution in [0.25, 0.3) is 0 Å². The van der Waals surface area contributed by atoms with Crippen LogP contribution in [0.2, 0.25) is 0 Å². The first-order valence-electron chi connectivity index (χ1n) is 19.2. The predicted molar refractivity (Wildman–Crippen MR) is 189 cm³/mol. The number of hydrogen-bond donors (Lipinski definition) is 0. The molecule has 0 aromatic heterocycles. The van der Waals surface area contributed by atoms with Crippen molar-refractivity contribution in [2.24, 2.45) is 0 Å². The third kappa shape index (κ3) is 11.1. The molecular weight excluding hydrogens is 1000 g/mol. The van der Waals surface area contributed by atoms with E-state index >= 15 is 61.5 Å². The lowest BCUT2D eigenvalue weighted by molar-refractivity contribution is -0.516. The smallest absolute Gasteiger partial charge is 0.377 e. The largest absolute Gasteiger partial charge is 0.397 e. The van der Waals surface area contributed by atoms with Gasteiger partial charge in [0.2, 0.25) is 34.0 Å². The molecular formula is C38H44F22O8. The van der Waals surface area contributed by atoms with E-state index in [0.29, 0.717) is 0 Å². The molecule has 2 fully saturated rings. The van der Waals surface area contributed by atoms with Gasteiger partial charge in [0.15, 0.2) is 0 Å². The minimum absolute atomic E-state index is 0.660. The fourth-order valence-electron chi connectivity index (χ4n) is 7.04. The topological polar surface area (TPSA) is 73.8 Å². The monoisotopic (exact) mass is 1050 g/mol. The second-order valence-electron chi connectivity index (χ2n) is 15.2. The summed E-state index contributed by atoms with van der Waals surface area (Å²) in [6.07, 6.45) is -34.9. The van der Waals surface area contributed by atoms with Crippen LogP contribution in [0, 0.1) is 0 Å². The first-order chi connectivity index (χ1) is 30.8. The van der Waals surface area contributed by atoms with Gasteiger partial charge in [-0.3, -0.25) is 4.74 Å². The molecule has 0 aromatic carbocycles. The molecule has 0 N–H and O–H groups in total. The zero-order chi connectivity index (χ0) is 52.8. The number of rotatable bonds is 32. The Balaban J connectivity index is 3.24. The van der Waals surface area contributed by atoms with Crippen molar-refractivity contribution >= 4 is 0 Å². The lowest BCUT2D eigenvalue weighted by atomic mass is 9.43. The molecule has 0 bridgehead atoms. The summed E-state index contributed by atoms with van der Waals surface area (Å²) in [5.41, 5.74) is -46.5. The molecule has 0 aliphatic heterocycles. The van der Waals surface area contributed by atoms with E-state index in [4.69, 9.17) is 0 Å². The Morgan fingerprint density at radius 1 is 0.412 bits per heavy atom. The number of halogens is 22. The van der Waals surface area contributed by atoms with Gasteiger partial charge in [0.05, 0.1) is 65.7 Å². The third-order valence-corrected chi connectivity index (χ3v) is 10.3. The van der Waals surface area contributed by atoms with Gasteiger partial charge in [0, 0.05) is 0 Å². The summed E-state index contributed by atoms with van der Waals surface area (Å²) in [7, 11) is 0. The van der Waals surface area contributed by atoms with E-state index in [0.717, 1.165) is 24.3 Å². The molecule has 68 heavy (non-hydrogen) atoms. The van der Waals surface area contributed by atoms with Crippen LogP contribution in [0.5, 0.6) is 0 Å². The summed E-state index contributed by atoms with van der Waals surface area (Å²) >= 11 is 0. The third-order valence-electron chi connectivity index (χ3n) is 10.3. The number of alkyl halides is 22. The quantitative estimate of drug-likeness (QED) is 0.0375. The maximum Gasteiger partial charge on any atom is 0.397 e. The average Bonchev–Trinajstić information content (AvgIpc) is 3.22.